The minimum atomic E-state index is -2.58. The van der Waals surface area contributed by atoms with Crippen molar-refractivity contribution in [3.63, 3.8) is 0 Å². The van der Waals surface area contributed by atoms with E-state index in [9.17, 15) is 8.42 Å². The number of hydrogen-bond donors (Lipinski definition) is 1. The van der Waals surface area contributed by atoms with Crippen LogP contribution >= 0.6 is 0 Å². The highest BCUT2D eigenvalue weighted by molar-refractivity contribution is 7.92. The first kappa shape index (κ1) is 6.61. The quantitative estimate of drug-likeness (QED) is 0.550. The Hall–Kier alpha value is -0.0900. The Morgan fingerprint density at radius 2 is 1.70 bits per heavy atom. The molecule has 0 atom stereocenters. The van der Waals surface area contributed by atoms with Crippen molar-refractivity contribution in [1.29, 1.82) is 0 Å². The summed E-state index contributed by atoms with van der Waals surface area (Å²) in [6, 6.07) is 0. The lowest BCUT2D eigenvalue weighted by Gasteiger charge is -2.39. The Kier molecular flexibility index (Phi) is 1.29. The summed E-state index contributed by atoms with van der Waals surface area (Å²) in [5.41, 5.74) is 0. The number of nitrogens with one attached hydrogen (secondary N) is 1. The molecule has 2 fully saturated rings. The van der Waals surface area contributed by atoms with Gasteiger partial charge in [0.2, 0.25) is 0 Å². The topological polar surface area (TPSA) is 46.2 Å². The third-order valence-corrected chi connectivity index (χ3v) is 4.29. The molecule has 0 amide bonds. The summed E-state index contributed by atoms with van der Waals surface area (Å²) >= 11 is 0. The molecule has 0 aromatic heterocycles. The number of sulfone groups is 1. The van der Waals surface area contributed by atoms with Crippen LogP contribution in [0.25, 0.3) is 0 Å². The van der Waals surface area contributed by atoms with E-state index in [0.29, 0.717) is 23.3 Å². The molecule has 0 spiro atoms. The maximum Gasteiger partial charge on any atom is 0.150 e. The maximum atomic E-state index is 10.7. The first-order valence-corrected chi connectivity index (χ1v) is 5.41. The largest absolute Gasteiger partial charge is 0.316 e. The fourth-order valence-corrected chi connectivity index (χ4v) is 3.27. The van der Waals surface area contributed by atoms with Crippen LogP contribution in [0.5, 0.6) is 0 Å². The Labute approximate surface area is 60.7 Å². The summed E-state index contributed by atoms with van der Waals surface area (Å²) in [4.78, 5) is 0. The second-order valence-corrected chi connectivity index (χ2v) is 5.41. The summed E-state index contributed by atoms with van der Waals surface area (Å²) in [6.07, 6.45) is 0. The van der Waals surface area contributed by atoms with Gasteiger partial charge in [0.1, 0.15) is 0 Å². The third kappa shape index (κ3) is 0.953. The van der Waals surface area contributed by atoms with Crippen LogP contribution in [-0.4, -0.2) is 33.0 Å². The summed E-state index contributed by atoms with van der Waals surface area (Å²) in [6.45, 7) is 2.06. The van der Waals surface area contributed by atoms with E-state index < -0.39 is 9.84 Å². The van der Waals surface area contributed by atoms with E-state index in [1.54, 1.807) is 0 Å². The molecule has 2 aliphatic rings. The summed E-state index contributed by atoms with van der Waals surface area (Å²) in [5, 5.41) is 3.14. The second kappa shape index (κ2) is 1.95. The maximum absolute atomic E-state index is 10.7. The molecule has 2 heterocycles. The monoisotopic (exact) mass is 161 g/mol. The predicted molar refractivity (Wildman–Crippen MR) is 38.5 cm³/mol. The summed E-state index contributed by atoms with van der Waals surface area (Å²) in [5.74, 6) is 2.02. The van der Waals surface area contributed by atoms with Gasteiger partial charge in [-0.05, 0) is 24.9 Å². The van der Waals surface area contributed by atoms with E-state index in [1.165, 1.54) is 0 Å². The second-order valence-electron chi connectivity index (χ2n) is 3.26. The smallest absolute Gasteiger partial charge is 0.150 e. The molecule has 0 bridgehead atoms. The van der Waals surface area contributed by atoms with Gasteiger partial charge in [0, 0.05) is 0 Å². The van der Waals surface area contributed by atoms with Crippen molar-refractivity contribution < 1.29 is 8.42 Å². The van der Waals surface area contributed by atoms with Gasteiger partial charge >= 0.3 is 0 Å². The van der Waals surface area contributed by atoms with Crippen LogP contribution in [-0.2, 0) is 9.84 Å². The average Bonchev–Trinajstić information content (AvgIpc) is 1.54. The van der Waals surface area contributed by atoms with Crippen LogP contribution in [0.3, 0.4) is 0 Å². The lowest BCUT2D eigenvalue weighted by Crippen LogP contribution is -2.54. The van der Waals surface area contributed by atoms with Gasteiger partial charge in [-0.15, -0.1) is 0 Å². The SMILES string of the molecule is O=S1(=O)CC(C2CNC2)C1. The van der Waals surface area contributed by atoms with E-state index in [-0.39, 0.29) is 0 Å². The minimum Gasteiger partial charge on any atom is -0.316 e. The normalized spacial score (nSPS) is 32.8. The molecule has 0 aromatic rings. The van der Waals surface area contributed by atoms with Crippen molar-refractivity contribution in [3.8, 4) is 0 Å². The van der Waals surface area contributed by atoms with E-state index in [1.807, 2.05) is 0 Å². The molecule has 2 rings (SSSR count). The Bertz CT molecular complexity index is 218. The predicted octanol–water partition coefficient (Wildman–Crippen LogP) is -0.750. The molecule has 10 heavy (non-hydrogen) atoms. The van der Waals surface area contributed by atoms with Crippen LogP contribution in [0, 0.1) is 11.8 Å². The van der Waals surface area contributed by atoms with Gasteiger partial charge in [0.25, 0.3) is 0 Å². The molecule has 1 N–H and O–H groups in total. The average molecular weight is 161 g/mol. The number of hydrogen-bond acceptors (Lipinski definition) is 3. The molecule has 0 unspecified atom stereocenters. The molecule has 2 aliphatic heterocycles. The molecule has 3 nitrogen and oxygen atoms in total. The van der Waals surface area contributed by atoms with E-state index >= 15 is 0 Å². The zero-order valence-corrected chi connectivity index (χ0v) is 6.52. The lowest BCUT2D eigenvalue weighted by molar-refractivity contribution is 0.254. The number of rotatable bonds is 1. The van der Waals surface area contributed by atoms with E-state index in [0.717, 1.165) is 13.1 Å². The highest BCUT2D eigenvalue weighted by Gasteiger charge is 2.40. The zero-order chi connectivity index (χ0) is 7.19. The molecule has 0 aromatic carbocycles. The molecule has 58 valence electrons. The van der Waals surface area contributed by atoms with Crippen molar-refractivity contribution in [2.45, 2.75) is 0 Å². The van der Waals surface area contributed by atoms with Crippen molar-refractivity contribution in [3.05, 3.63) is 0 Å². The van der Waals surface area contributed by atoms with Crippen molar-refractivity contribution >= 4 is 9.84 Å². The zero-order valence-electron chi connectivity index (χ0n) is 5.71. The molecule has 0 saturated carbocycles. The Morgan fingerprint density at radius 1 is 1.10 bits per heavy atom. The molecule has 0 aliphatic carbocycles. The van der Waals surface area contributed by atoms with E-state index in [4.69, 9.17) is 0 Å². The van der Waals surface area contributed by atoms with Crippen LogP contribution in [0.1, 0.15) is 0 Å². The van der Waals surface area contributed by atoms with Crippen molar-refractivity contribution in [2.24, 2.45) is 11.8 Å². The van der Waals surface area contributed by atoms with Gasteiger partial charge in [-0.25, -0.2) is 8.42 Å². The van der Waals surface area contributed by atoms with Gasteiger partial charge in [-0.3, -0.25) is 0 Å². The molecule has 0 radical (unpaired) electrons. The third-order valence-electron chi connectivity index (χ3n) is 2.42. The van der Waals surface area contributed by atoms with Crippen LogP contribution in [0.4, 0.5) is 0 Å². The first-order valence-electron chi connectivity index (χ1n) is 3.58. The van der Waals surface area contributed by atoms with Gasteiger partial charge < -0.3 is 5.32 Å². The first-order chi connectivity index (χ1) is 4.67. The van der Waals surface area contributed by atoms with Crippen LogP contribution < -0.4 is 5.32 Å². The van der Waals surface area contributed by atoms with Crippen molar-refractivity contribution in [1.82, 2.24) is 5.32 Å². The van der Waals surface area contributed by atoms with Crippen LogP contribution in [0.2, 0.25) is 0 Å². The van der Waals surface area contributed by atoms with Gasteiger partial charge in [0.05, 0.1) is 11.5 Å². The lowest BCUT2D eigenvalue weighted by atomic mass is 9.90. The van der Waals surface area contributed by atoms with Crippen molar-refractivity contribution in [2.75, 3.05) is 24.6 Å². The molecular formula is C6H11NO2S. The van der Waals surface area contributed by atoms with Crippen LogP contribution in [0.15, 0.2) is 0 Å². The Morgan fingerprint density at radius 3 is 2.00 bits per heavy atom. The van der Waals surface area contributed by atoms with E-state index in [2.05, 4.69) is 5.32 Å². The highest BCUT2D eigenvalue weighted by Crippen LogP contribution is 2.28. The fraction of sp³-hybridized carbons (Fsp3) is 1.00. The Balaban J connectivity index is 1.90. The molecular weight excluding hydrogens is 150 g/mol. The molecule has 4 heteroatoms. The highest BCUT2D eigenvalue weighted by atomic mass is 32.2. The van der Waals surface area contributed by atoms with Gasteiger partial charge in [-0.1, -0.05) is 0 Å². The summed E-state index contributed by atoms with van der Waals surface area (Å²) < 4.78 is 21.4. The van der Waals surface area contributed by atoms with Gasteiger partial charge in [0.15, 0.2) is 9.84 Å². The standard InChI is InChI=1S/C6H11NO2S/c8-10(9)3-6(4-10)5-1-7-2-5/h5-7H,1-4H2. The fourth-order valence-electron chi connectivity index (χ4n) is 1.52. The summed E-state index contributed by atoms with van der Waals surface area (Å²) in [7, 11) is -2.58. The molecule has 2 saturated heterocycles. The van der Waals surface area contributed by atoms with Gasteiger partial charge in [-0.2, -0.15) is 0 Å². The minimum absolute atomic E-state index is 0.444.